The van der Waals surface area contributed by atoms with Gasteiger partial charge in [0.2, 0.25) is 0 Å². The van der Waals surface area contributed by atoms with Gasteiger partial charge in [-0.3, -0.25) is 0 Å². The molecule has 0 amide bonds. The van der Waals surface area contributed by atoms with Gasteiger partial charge in [0.15, 0.2) is 0 Å². The van der Waals surface area contributed by atoms with Crippen LogP contribution < -0.4 is 0 Å². The first kappa shape index (κ1) is 28.5. The van der Waals surface area contributed by atoms with Gasteiger partial charge in [-0.15, -0.1) is 12.3 Å². The Bertz CT molecular complexity index is 1210. The molecule has 3 rings (SSSR count). The Labute approximate surface area is 227 Å². The van der Waals surface area contributed by atoms with Crippen LogP contribution in [-0.2, 0) is 10.8 Å². The van der Waals surface area contributed by atoms with Crippen molar-refractivity contribution in [3.8, 4) is 12.3 Å². The summed E-state index contributed by atoms with van der Waals surface area (Å²) in [4.78, 5) is 0. The fourth-order valence-electron chi connectivity index (χ4n) is 5.06. The third-order valence-corrected chi connectivity index (χ3v) is 7.81. The third kappa shape index (κ3) is 6.84. The number of allylic oxidation sites excluding steroid dienone is 6. The second kappa shape index (κ2) is 11.1. The third-order valence-electron chi connectivity index (χ3n) is 7.81. The Morgan fingerprint density at radius 1 is 0.892 bits per heavy atom. The predicted octanol–water partition coefficient (Wildman–Crippen LogP) is 10.3. The summed E-state index contributed by atoms with van der Waals surface area (Å²) in [5.74, 6) is 3.75. The monoisotopic (exact) mass is 490 g/mol. The van der Waals surface area contributed by atoms with Crippen LogP contribution in [0.25, 0.3) is 11.1 Å². The molecule has 0 heterocycles. The molecule has 1 aliphatic rings. The van der Waals surface area contributed by atoms with Gasteiger partial charge < -0.3 is 0 Å². The van der Waals surface area contributed by atoms with E-state index in [4.69, 9.17) is 6.42 Å². The van der Waals surface area contributed by atoms with Crippen molar-refractivity contribution in [3.05, 3.63) is 107 Å². The highest BCUT2D eigenvalue weighted by Gasteiger charge is 2.25. The van der Waals surface area contributed by atoms with Crippen LogP contribution in [-0.4, -0.2) is 0 Å². The molecular formula is C37H46. The Morgan fingerprint density at radius 2 is 1.46 bits per heavy atom. The van der Waals surface area contributed by atoms with E-state index < -0.39 is 0 Å². The van der Waals surface area contributed by atoms with Crippen molar-refractivity contribution in [1.29, 1.82) is 0 Å². The molecule has 0 N–H and O–H groups in total. The lowest BCUT2D eigenvalue weighted by Gasteiger charge is -2.27. The molecule has 2 aromatic carbocycles. The van der Waals surface area contributed by atoms with Gasteiger partial charge in [0, 0.05) is 12.3 Å². The zero-order valence-corrected chi connectivity index (χ0v) is 24.4. The van der Waals surface area contributed by atoms with Crippen LogP contribution in [0.3, 0.4) is 0 Å². The van der Waals surface area contributed by atoms with Crippen molar-refractivity contribution >= 4 is 11.1 Å². The van der Waals surface area contributed by atoms with Crippen LogP contribution in [0.2, 0.25) is 0 Å². The van der Waals surface area contributed by atoms with Crippen molar-refractivity contribution in [1.82, 2.24) is 0 Å². The highest BCUT2D eigenvalue weighted by Crippen LogP contribution is 2.40. The van der Waals surface area contributed by atoms with Gasteiger partial charge in [-0.1, -0.05) is 135 Å². The topological polar surface area (TPSA) is 0 Å². The van der Waals surface area contributed by atoms with E-state index in [-0.39, 0.29) is 10.8 Å². The molecule has 0 nitrogen and oxygen atoms in total. The number of hydrogen-bond acceptors (Lipinski definition) is 0. The molecule has 0 heteroatoms. The summed E-state index contributed by atoms with van der Waals surface area (Å²) in [5, 5.41) is 0. The predicted molar refractivity (Wildman–Crippen MR) is 165 cm³/mol. The van der Waals surface area contributed by atoms with Crippen molar-refractivity contribution < 1.29 is 0 Å². The first-order valence-electron chi connectivity index (χ1n) is 13.7. The van der Waals surface area contributed by atoms with E-state index in [1.807, 2.05) is 0 Å². The second-order valence-electron chi connectivity index (χ2n) is 13.0. The smallest absolute Gasteiger partial charge is 0.0237 e. The van der Waals surface area contributed by atoms with Crippen LogP contribution in [0.5, 0.6) is 0 Å². The highest BCUT2D eigenvalue weighted by atomic mass is 14.3. The molecule has 37 heavy (non-hydrogen) atoms. The van der Waals surface area contributed by atoms with E-state index >= 15 is 0 Å². The molecule has 0 saturated carbocycles. The normalized spacial score (nSPS) is 17.2. The van der Waals surface area contributed by atoms with E-state index in [2.05, 4.69) is 135 Å². The van der Waals surface area contributed by atoms with Gasteiger partial charge in [0.25, 0.3) is 0 Å². The van der Waals surface area contributed by atoms with E-state index in [1.54, 1.807) is 0 Å². The SMILES string of the molecule is C#CCC(C)C(=C)c1ccc(C2C=CC=C2[C@H](C)CC(=C)c2cc(C(C)(C)C)cc(C(C)(C)C)c2)cc1. The first-order valence-corrected chi connectivity index (χ1v) is 13.7. The summed E-state index contributed by atoms with van der Waals surface area (Å²) in [6.45, 7) is 27.1. The largest absolute Gasteiger partial charge is 0.120 e. The van der Waals surface area contributed by atoms with Gasteiger partial charge in [-0.25, -0.2) is 0 Å². The molecule has 3 atom stereocenters. The summed E-state index contributed by atoms with van der Waals surface area (Å²) < 4.78 is 0. The first-order chi connectivity index (χ1) is 17.2. The van der Waals surface area contributed by atoms with E-state index in [1.165, 1.54) is 39.0 Å². The van der Waals surface area contributed by atoms with Crippen LogP contribution >= 0.6 is 0 Å². The molecule has 2 aromatic rings. The zero-order valence-electron chi connectivity index (χ0n) is 24.4. The summed E-state index contributed by atoms with van der Waals surface area (Å²) in [6, 6.07) is 16.0. The minimum absolute atomic E-state index is 0.0982. The summed E-state index contributed by atoms with van der Waals surface area (Å²) in [5.41, 5.74) is 10.5. The molecule has 0 saturated heterocycles. The minimum Gasteiger partial charge on any atom is -0.120 e. The summed E-state index contributed by atoms with van der Waals surface area (Å²) >= 11 is 0. The lowest BCUT2D eigenvalue weighted by Crippen LogP contribution is -2.17. The van der Waals surface area contributed by atoms with Crippen molar-refractivity contribution in [2.75, 3.05) is 0 Å². The highest BCUT2D eigenvalue weighted by molar-refractivity contribution is 5.67. The molecule has 2 unspecified atom stereocenters. The van der Waals surface area contributed by atoms with Crippen LogP contribution in [0, 0.1) is 24.2 Å². The molecule has 0 bridgehead atoms. The van der Waals surface area contributed by atoms with Crippen molar-refractivity contribution in [3.63, 3.8) is 0 Å². The van der Waals surface area contributed by atoms with Gasteiger partial charge in [-0.2, -0.15) is 0 Å². The quantitative estimate of drug-likeness (QED) is 0.323. The minimum atomic E-state index is 0.0982. The zero-order chi connectivity index (χ0) is 27.5. The van der Waals surface area contributed by atoms with Crippen LogP contribution in [0.1, 0.15) is 102 Å². The molecular weight excluding hydrogens is 444 g/mol. The standard InChI is InChI=1S/C37H46/c1-12-14-25(2)28(5)29-17-19-30(20-18-29)35-16-13-15-34(35)27(4)21-26(3)31-22-32(36(6,7)8)24-33(23-31)37(9,10)11/h1,13,15-20,22-25,27,35H,3,5,14,21H2,2,4,6-11H3/t25?,27-,35?/m1/s1. The summed E-state index contributed by atoms with van der Waals surface area (Å²) in [6.07, 6.45) is 14.0. The summed E-state index contributed by atoms with van der Waals surface area (Å²) in [7, 11) is 0. The molecule has 0 radical (unpaired) electrons. The second-order valence-corrected chi connectivity index (χ2v) is 13.0. The van der Waals surface area contributed by atoms with E-state index in [9.17, 15) is 0 Å². The molecule has 194 valence electrons. The molecule has 0 aromatic heterocycles. The molecule has 0 fully saturated rings. The Morgan fingerprint density at radius 3 is 1.97 bits per heavy atom. The lowest BCUT2D eigenvalue weighted by molar-refractivity contribution is 0.568. The average Bonchev–Trinajstić information content (AvgIpc) is 3.32. The van der Waals surface area contributed by atoms with Gasteiger partial charge in [-0.05, 0) is 68.1 Å². The number of hydrogen-bond donors (Lipinski definition) is 0. The molecule has 0 aliphatic heterocycles. The Balaban J connectivity index is 1.79. The number of benzene rings is 2. The fourth-order valence-corrected chi connectivity index (χ4v) is 5.06. The molecule has 0 spiro atoms. The van der Waals surface area contributed by atoms with Crippen LogP contribution in [0.15, 0.2) is 79.4 Å². The van der Waals surface area contributed by atoms with Gasteiger partial charge >= 0.3 is 0 Å². The van der Waals surface area contributed by atoms with Gasteiger partial charge in [0.05, 0.1) is 0 Å². The number of terminal acetylenes is 1. The Hall–Kier alpha value is -3.04. The van der Waals surface area contributed by atoms with Gasteiger partial charge in [0.1, 0.15) is 0 Å². The van der Waals surface area contributed by atoms with E-state index in [0.717, 1.165) is 18.4 Å². The van der Waals surface area contributed by atoms with Crippen molar-refractivity contribution in [2.24, 2.45) is 11.8 Å². The lowest BCUT2D eigenvalue weighted by atomic mass is 9.77. The maximum atomic E-state index is 5.51. The maximum absolute atomic E-state index is 5.51. The fraction of sp³-hybridized carbons (Fsp3) is 0.405. The maximum Gasteiger partial charge on any atom is 0.0237 e. The average molecular weight is 491 g/mol. The number of rotatable bonds is 8. The van der Waals surface area contributed by atoms with E-state index in [0.29, 0.717) is 17.8 Å². The molecule has 1 aliphatic carbocycles. The van der Waals surface area contributed by atoms with Crippen molar-refractivity contribution in [2.45, 2.75) is 85.0 Å². The van der Waals surface area contributed by atoms with Crippen LogP contribution in [0.4, 0.5) is 0 Å². The Kier molecular flexibility index (Phi) is 8.59.